The van der Waals surface area contributed by atoms with Crippen molar-refractivity contribution in [2.45, 2.75) is 25.8 Å². The van der Waals surface area contributed by atoms with Crippen LogP contribution in [0.3, 0.4) is 0 Å². The zero-order valence-corrected chi connectivity index (χ0v) is 18.0. The van der Waals surface area contributed by atoms with Gasteiger partial charge in [-0.3, -0.25) is 14.6 Å². The minimum Gasteiger partial charge on any atom is -0.352 e. The molecule has 5 nitrogen and oxygen atoms in total. The monoisotopic (exact) mass is 431 g/mol. The summed E-state index contributed by atoms with van der Waals surface area (Å²) in [7, 11) is 0. The number of carbonyl (C=O) groups excluding carboxylic acids is 2. The third-order valence-electron chi connectivity index (χ3n) is 5.97. The number of hydrogen-bond acceptors (Lipinski definition) is 3. The molecule has 2 atom stereocenters. The minimum absolute atomic E-state index is 0.0511. The molecule has 1 aromatic heterocycles. The summed E-state index contributed by atoms with van der Waals surface area (Å²) < 4.78 is 13.8. The molecule has 0 radical (unpaired) electrons. The van der Waals surface area contributed by atoms with Crippen molar-refractivity contribution < 1.29 is 14.0 Å². The molecule has 0 spiro atoms. The van der Waals surface area contributed by atoms with Gasteiger partial charge in [-0.15, -0.1) is 0 Å². The van der Waals surface area contributed by atoms with E-state index in [-0.39, 0.29) is 29.5 Å². The van der Waals surface area contributed by atoms with Crippen molar-refractivity contribution in [1.29, 1.82) is 0 Å². The average Bonchev–Trinajstić information content (AvgIpc) is 2.84. The molecule has 2 amide bonds. The first-order chi connectivity index (χ1) is 15.5. The number of aryl methyl sites for hydroxylation is 1. The summed E-state index contributed by atoms with van der Waals surface area (Å²) in [6.07, 6.45) is 4.01. The van der Waals surface area contributed by atoms with Gasteiger partial charge in [0.15, 0.2) is 0 Å². The van der Waals surface area contributed by atoms with Crippen LogP contribution in [0, 0.1) is 18.7 Å². The lowest BCUT2D eigenvalue weighted by molar-refractivity contribution is -0.126. The Bertz CT molecular complexity index is 1090. The number of amides is 2. The molecule has 1 fully saturated rings. The van der Waals surface area contributed by atoms with Crippen molar-refractivity contribution in [2.24, 2.45) is 5.92 Å². The normalized spacial score (nSPS) is 18.2. The highest BCUT2D eigenvalue weighted by Crippen LogP contribution is 2.32. The molecule has 1 aliphatic heterocycles. The number of halogens is 1. The predicted molar refractivity (Wildman–Crippen MR) is 120 cm³/mol. The Kier molecular flexibility index (Phi) is 6.59. The molecule has 1 N–H and O–H groups in total. The number of carbonyl (C=O) groups is 2. The number of piperidine rings is 1. The van der Waals surface area contributed by atoms with Crippen molar-refractivity contribution >= 4 is 11.8 Å². The van der Waals surface area contributed by atoms with Crippen LogP contribution in [0.2, 0.25) is 0 Å². The third kappa shape index (κ3) is 5.02. The fourth-order valence-corrected chi connectivity index (χ4v) is 4.22. The maximum atomic E-state index is 13.8. The number of aromatic nitrogens is 1. The molecule has 4 rings (SSSR count). The molecule has 0 bridgehead atoms. The minimum atomic E-state index is -0.358. The number of likely N-dealkylation sites (tertiary alicyclic amines) is 1. The fraction of sp³-hybridized carbons (Fsp3) is 0.269. The summed E-state index contributed by atoms with van der Waals surface area (Å²) >= 11 is 0. The van der Waals surface area contributed by atoms with Crippen LogP contribution in [-0.2, 0) is 11.3 Å². The van der Waals surface area contributed by atoms with Gasteiger partial charge in [-0.1, -0.05) is 36.4 Å². The lowest BCUT2D eigenvalue weighted by Crippen LogP contribution is -2.48. The highest BCUT2D eigenvalue weighted by Gasteiger charge is 2.35. The van der Waals surface area contributed by atoms with Crippen molar-refractivity contribution in [2.75, 3.05) is 13.1 Å². The Morgan fingerprint density at radius 2 is 1.91 bits per heavy atom. The van der Waals surface area contributed by atoms with Gasteiger partial charge >= 0.3 is 0 Å². The first-order valence-corrected chi connectivity index (χ1v) is 10.8. The van der Waals surface area contributed by atoms with Crippen LogP contribution < -0.4 is 5.32 Å². The molecule has 0 saturated carbocycles. The number of nitrogens with zero attached hydrogens (tertiary/aromatic N) is 2. The second-order valence-electron chi connectivity index (χ2n) is 8.29. The highest BCUT2D eigenvalue weighted by atomic mass is 19.1. The van der Waals surface area contributed by atoms with Crippen LogP contribution in [-0.4, -0.2) is 34.8 Å². The molecule has 1 saturated heterocycles. The number of nitrogens with one attached hydrogen (secondary N) is 1. The topological polar surface area (TPSA) is 62.3 Å². The van der Waals surface area contributed by atoms with Crippen molar-refractivity contribution in [1.82, 2.24) is 15.2 Å². The van der Waals surface area contributed by atoms with Gasteiger partial charge in [0, 0.05) is 43.5 Å². The van der Waals surface area contributed by atoms with E-state index in [1.807, 2.05) is 36.4 Å². The second kappa shape index (κ2) is 9.73. The van der Waals surface area contributed by atoms with E-state index in [2.05, 4.69) is 10.3 Å². The van der Waals surface area contributed by atoms with E-state index in [1.54, 1.807) is 42.4 Å². The second-order valence-corrected chi connectivity index (χ2v) is 8.29. The molecule has 2 aromatic carbocycles. The SMILES string of the molecule is Cc1cc([C@@H]2C[C@@H](C(=O)NCc3cccnc3)CN(C(=O)c3ccccc3)C2)ccc1F. The fourth-order valence-electron chi connectivity index (χ4n) is 4.22. The Balaban J connectivity index is 1.55. The summed E-state index contributed by atoms with van der Waals surface area (Å²) in [4.78, 5) is 32.0. The molecule has 0 unspecified atom stereocenters. The van der Waals surface area contributed by atoms with Crippen LogP contribution in [0.15, 0.2) is 73.1 Å². The van der Waals surface area contributed by atoms with E-state index >= 15 is 0 Å². The van der Waals surface area contributed by atoms with Crippen molar-refractivity contribution in [3.8, 4) is 0 Å². The van der Waals surface area contributed by atoms with Gasteiger partial charge in [-0.25, -0.2) is 4.39 Å². The standard InChI is InChI=1S/C26H26FN3O2/c1-18-12-21(9-10-24(18)27)22-13-23(25(31)29-15-19-6-5-11-28-14-19)17-30(16-22)26(32)20-7-3-2-4-8-20/h2-12,14,22-23H,13,15-17H2,1H3,(H,29,31)/t22-,23-/m1/s1. The molecule has 3 aromatic rings. The van der Waals surface area contributed by atoms with E-state index in [0.717, 1.165) is 11.1 Å². The predicted octanol–water partition coefficient (Wildman–Crippen LogP) is 4.09. The smallest absolute Gasteiger partial charge is 0.253 e. The molecule has 0 aliphatic carbocycles. The van der Waals surface area contributed by atoms with Gasteiger partial charge in [0.1, 0.15) is 5.82 Å². The molecule has 164 valence electrons. The van der Waals surface area contributed by atoms with Gasteiger partial charge in [0.2, 0.25) is 5.91 Å². The van der Waals surface area contributed by atoms with Crippen LogP contribution >= 0.6 is 0 Å². The lowest BCUT2D eigenvalue weighted by atomic mass is 9.83. The molecule has 6 heteroatoms. The van der Waals surface area contributed by atoms with Gasteiger partial charge in [-0.2, -0.15) is 0 Å². The average molecular weight is 432 g/mol. The summed E-state index contributed by atoms with van der Waals surface area (Å²) in [5, 5.41) is 2.98. The zero-order valence-electron chi connectivity index (χ0n) is 18.0. The van der Waals surface area contributed by atoms with Gasteiger partial charge in [-0.05, 0) is 54.3 Å². The van der Waals surface area contributed by atoms with Crippen LogP contribution in [0.25, 0.3) is 0 Å². The Morgan fingerprint density at radius 1 is 1.09 bits per heavy atom. The number of benzene rings is 2. The van der Waals surface area contributed by atoms with E-state index < -0.39 is 0 Å². The number of hydrogen-bond donors (Lipinski definition) is 1. The maximum Gasteiger partial charge on any atom is 0.253 e. The molecule has 32 heavy (non-hydrogen) atoms. The van der Waals surface area contributed by atoms with Crippen LogP contribution in [0.4, 0.5) is 4.39 Å². The Morgan fingerprint density at radius 3 is 2.62 bits per heavy atom. The van der Waals surface area contributed by atoms with E-state index in [9.17, 15) is 14.0 Å². The Labute approximate surface area is 187 Å². The first-order valence-electron chi connectivity index (χ1n) is 10.8. The first kappa shape index (κ1) is 21.7. The Hall–Kier alpha value is -3.54. The molecular weight excluding hydrogens is 405 g/mol. The van der Waals surface area contributed by atoms with E-state index in [1.165, 1.54) is 6.07 Å². The molecular formula is C26H26FN3O2. The van der Waals surface area contributed by atoms with Crippen molar-refractivity contribution in [3.63, 3.8) is 0 Å². The summed E-state index contributed by atoms with van der Waals surface area (Å²) in [5.41, 5.74) is 3.02. The van der Waals surface area contributed by atoms with E-state index in [0.29, 0.717) is 37.2 Å². The van der Waals surface area contributed by atoms with E-state index in [4.69, 9.17) is 0 Å². The van der Waals surface area contributed by atoms with Gasteiger partial charge in [0.05, 0.1) is 5.92 Å². The van der Waals surface area contributed by atoms with Gasteiger partial charge < -0.3 is 10.2 Å². The third-order valence-corrected chi connectivity index (χ3v) is 5.97. The quantitative estimate of drug-likeness (QED) is 0.662. The summed E-state index contributed by atoms with van der Waals surface area (Å²) in [6, 6.07) is 17.9. The molecule has 2 heterocycles. The van der Waals surface area contributed by atoms with Crippen LogP contribution in [0.5, 0.6) is 0 Å². The van der Waals surface area contributed by atoms with Gasteiger partial charge in [0.25, 0.3) is 5.91 Å². The summed E-state index contributed by atoms with van der Waals surface area (Å²) in [6.45, 7) is 2.96. The van der Waals surface area contributed by atoms with Crippen molar-refractivity contribution in [3.05, 3.63) is 101 Å². The zero-order chi connectivity index (χ0) is 22.5. The maximum absolute atomic E-state index is 13.8. The van der Waals surface area contributed by atoms with Crippen LogP contribution in [0.1, 0.15) is 39.4 Å². The summed E-state index contributed by atoms with van der Waals surface area (Å²) in [5.74, 6) is -0.858. The number of rotatable bonds is 5. The lowest BCUT2D eigenvalue weighted by Gasteiger charge is -2.37. The number of pyridine rings is 1. The highest BCUT2D eigenvalue weighted by molar-refractivity contribution is 5.94. The molecule has 1 aliphatic rings. The largest absolute Gasteiger partial charge is 0.352 e.